The fraction of sp³-hybridized carbons (Fsp3) is 0.556. The van der Waals surface area contributed by atoms with Crippen LogP contribution in [0.4, 0.5) is 5.82 Å². The molecule has 0 unspecified atom stereocenters. The normalized spacial score (nSPS) is 25.6. The molecule has 4 nitrogen and oxygen atoms in total. The van der Waals surface area contributed by atoms with Gasteiger partial charge in [-0.05, 0) is 18.8 Å². The van der Waals surface area contributed by atoms with Gasteiger partial charge in [0.05, 0.1) is 6.20 Å². The highest BCUT2D eigenvalue weighted by atomic mass is 35.5. The van der Waals surface area contributed by atoms with Crippen molar-refractivity contribution in [1.82, 2.24) is 9.97 Å². The summed E-state index contributed by atoms with van der Waals surface area (Å²) in [6, 6.07) is 0.391. The van der Waals surface area contributed by atoms with Crippen molar-refractivity contribution in [2.45, 2.75) is 18.9 Å². The Labute approximate surface area is 87.9 Å². The maximum atomic E-state index is 5.89. The zero-order valence-electron chi connectivity index (χ0n) is 7.78. The zero-order chi connectivity index (χ0) is 9.97. The largest absolute Gasteiger partial charge is 0.368 e. The molecule has 1 aliphatic carbocycles. The Morgan fingerprint density at radius 3 is 3.00 bits per heavy atom. The molecule has 2 rings (SSSR count). The summed E-state index contributed by atoms with van der Waals surface area (Å²) in [6.07, 6.45) is 5.26. The maximum Gasteiger partial charge on any atom is 0.148 e. The van der Waals surface area contributed by atoms with Gasteiger partial charge in [0.1, 0.15) is 17.2 Å². The molecule has 0 atom stereocenters. The third-order valence-corrected chi connectivity index (χ3v) is 2.77. The molecular formula is C9H13ClN4. The van der Waals surface area contributed by atoms with Gasteiger partial charge in [-0.2, -0.15) is 0 Å². The average molecular weight is 213 g/mol. The van der Waals surface area contributed by atoms with Crippen molar-refractivity contribution in [2.75, 3.05) is 11.9 Å². The van der Waals surface area contributed by atoms with Crippen molar-refractivity contribution < 1.29 is 0 Å². The monoisotopic (exact) mass is 212 g/mol. The molecule has 0 bridgehead atoms. The average Bonchev–Trinajstić information content (AvgIpc) is 2.13. The van der Waals surface area contributed by atoms with E-state index in [-0.39, 0.29) is 0 Å². The topological polar surface area (TPSA) is 63.8 Å². The number of halogens is 1. The Balaban J connectivity index is 1.83. The lowest BCUT2D eigenvalue weighted by molar-refractivity contribution is 0.280. The van der Waals surface area contributed by atoms with E-state index in [9.17, 15) is 0 Å². The molecule has 0 saturated heterocycles. The summed E-state index contributed by atoms with van der Waals surface area (Å²) in [5.74, 6) is 1.37. The van der Waals surface area contributed by atoms with Gasteiger partial charge >= 0.3 is 0 Å². The highest BCUT2D eigenvalue weighted by Gasteiger charge is 2.25. The zero-order valence-corrected chi connectivity index (χ0v) is 8.54. The second-order valence-electron chi connectivity index (χ2n) is 3.70. The molecular weight excluding hydrogens is 200 g/mol. The Kier molecular flexibility index (Phi) is 2.84. The van der Waals surface area contributed by atoms with Gasteiger partial charge in [0.15, 0.2) is 0 Å². The summed E-state index contributed by atoms with van der Waals surface area (Å²) in [7, 11) is 0. The van der Waals surface area contributed by atoms with Crippen LogP contribution in [0.2, 0.25) is 5.02 Å². The predicted octanol–water partition coefficient (Wildman–Crippen LogP) is 1.28. The van der Waals surface area contributed by atoms with Gasteiger partial charge in [-0.25, -0.2) is 9.97 Å². The van der Waals surface area contributed by atoms with Crippen LogP contribution in [0.25, 0.3) is 0 Å². The molecule has 1 aliphatic rings. The van der Waals surface area contributed by atoms with Crippen LogP contribution < -0.4 is 11.1 Å². The number of hydrogen-bond acceptors (Lipinski definition) is 4. The highest BCUT2D eigenvalue weighted by Crippen LogP contribution is 2.26. The molecule has 1 aromatic rings. The second kappa shape index (κ2) is 4.11. The summed E-state index contributed by atoms with van der Waals surface area (Å²) >= 11 is 5.89. The van der Waals surface area contributed by atoms with Gasteiger partial charge in [-0.3, -0.25) is 0 Å². The smallest absolute Gasteiger partial charge is 0.148 e. The molecule has 14 heavy (non-hydrogen) atoms. The number of nitrogens with one attached hydrogen (secondary N) is 1. The van der Waals surface area contributed by atoms with Gasteiger partial charge in [0.25, 0.3) is 0 Å². The van der Waals surface area contributed by atoms with E-state index in [0.717, 1.165) is 19.4 Å². The molecule has 0 aliphatic heterocycles. The second-order valence-corrected chi connectivity index (χ2v) is 4.10. The van der Waals surface area contributed by atoms with E-state index in [1.807, 2.05) is 0 Å². The van der Waals surface area contributed by atoms with E-state index in [4.69, 9.17) is 17.3 Å². The molecule has 1 heterocycles. The first-order valence-corrected chi connectivity index (χ1v) is 5.08. The Morgan fingerprint density at radius 2 is 2.36 bits per heavy atom. The fourth-order valence-corrected chi connectivity index (χ4v) is 1.81. The van der Waals surface area contributed by atoms with E-state index < -0.39 is 0 Å². The van der Waals surface area contributed by atoms with Gasteiger partial charge < -0.3 is 11.1 Å². The quantitative estimate of drug-likeness (QED) is 0.793. The minimum atomic E-state index is 0.391. The molecule has 5 heteroatoms. The molecule has 0 spiro atoms. The number of anilines is 1. The number of nitrogens with zero attached hydrogens (tertiary/aromatic N) is 2. The Morgan fingerprint density at radius 1 is 1.57 bits per heavy atom. The number of hydrogen-bond donors (Lipinski definition) is 2. The van der Waals surface area contributed by atoms with Crippen LogP contribution in [-0.4, -0.2) is 22.6 Å². The number of rotatable bonds is 3. The lowest BCUT2D eigenvalue weighted by atomic mass is 9.81. The van der Waals surface area contributed by atoms with Crippen LogP contribution in [0, 0.1) is 5.92 Å². The predicted molar refractivity (Wildman–Crippen MR) is 56.2 cm³/mol. The minimum Gasteiger partial charge on any atom is -0.368 e. The lowest BCUT2D eigenvalue weighted by Crippen LogP contribution is -2.39. The molecule has 1 aromatic heterocycles. The van der Waals surface area contributed by atoms with Crippen molar-refractivity contribution in [3.63, 3.8) is 0 Å². The summed E-state index contributed by atoms with van der Waals surface area (Å²) in [6.45, 7) is 0.893. The van der Waals surface area contributed by atoms with Crippen LogP contribution in [0.15, 0.2) is 12.5 Å². The standard InChI is InChI=1S/C9H13ClN4/c10-8-4-12-5-14-9(8)13-3-6-1-7(11)2-6/h4-7H,1-3,11H2,(H,12,13,14). The Bertz CT molecular complexity index is 311. The first-order chi connectivity index (χ1) is 6.75. The first kappa shape index (κ1) is 9.68. The van der Waals surface area contributed by atoms with Gasteiger partial charge in [0.2, 0.25) is 0 Å². The molecule has 76 valence electrons. The van der Waals surface area contributed by atoms with Crippen LogP contribution in [-0.2, 0) is 0 Å². The number of nitrogens with two attached hydrogens (primary N) is 1. The molecule has 0 radical (unpaired) electrons. The molecule has 3 N–H and O–H groups in total. The summed E-state index contributed by atoms with van der Waals surface area (Å²) in [5, 5.41) is 3.76. The van der Waals surface area contributed by atoms with Crippen LogP contribution in [0.5, 0.6) is 0 Å². The molecule has 1 fully saturated rings. The minimum absolute atomic E-state index is 0.391. The van der Waals surface area contributed by atoms with Crippen molar-refractivity contribution >= 4 is 17.4 Å². The SMILES string of the molecule is NC1CC(CNc2ncncc2Cl)C1. The maximum absolute atomic E-state index is 5.89. The summed E-state index contributed by atoms with van der Waals surface area (Å²) in [5.41, 5.74) is 5.69. The van der Waals surface area contributed by atoms with E-state index >= 15 is 0 Å². The van der Waals surface area contributed by atoms with Gasteiger partial charge in [-0.1, -0.05) is 11.6 Å². The lowest BCUT2D eigenvalue weighted by Gasteiger charge is -2.32. The molecule has 0 amide bonds. The third-order valence-electron chi connectivity index (χ3n) is 2.50. The van der Waals surface area contributed by atoms with E-state index in [1.54, 1.807) is 6.20 Å². The van der Waals surface area contributed by atoms with E-state index in [1.165, 1.54) is 6.33 Å². The van der Waals surface area contributed by atoms with Crippen LogP contribution >= 0.6 is 11.6 Å². The fourth-order valence-electron chi connectivity index (χ4n) is 1.64. The highest BCUT2D eigenvalue weighted by molar-refractivity contribution is 6.32. The van der Waals surface area contributed by atoms with Crippen molar-refractivity contribution in [1.29, 1.82) is 0 Å². The first-order valence-electron chi connectivity index (χ1n) is 4.70. The van der Waals surface area contributed by atoms with Crippen LogP contribution in [0.1, 0.15) is 12.8 Å². The molecule has 0 aromatic carbocycles. The van der Waals surface area contributed by atoms with Crippen molar-refractivity contribution in [2.24, 2.45) is 11.7 Å². The van der Waals surface area contributed by atoms with E-state index in [2.05, 4.69) is 15.3 Å². The Hall–Kier alpha value is -0.870. The van der Waals surface area contributed by atoms with E-state index in [0.29, 0.717) is 22.8 Å². The molecule has 1 saturated carbocycles. The number of aromatic nitrogens is 2. The van der Waals surface area contributed by atoms with Crippen molar-refractivity contribution in [3.8, 4) is 0 Å². The van der Waals surface area contributed by atoms with Crippen LogP contribution in [0.3, 0.4) is 0 Å². The summed E-state index contributed by atoms with van der Waals surface area (Å²) in [4.78, 5) is 7.86. The third kappa shape index (κ3) is 2.13. The van der Waals surface area contributed by atoms with Gasteiger partial charge in [0, 0.05) is 12.6 Å². The summed E-state index contributed by atoms with van der Waals surface area (Å²) < 4.78 is 0. The van der Waals surface area contributed by atoms with Crippen molar-refractivity contribution in [3.05, 3.63) is 17.5 Å². The van der Waals surface area contributed by atoms with Gasteiger partial charge in [-0.15, -0.1) is 0 Å².